The molecule has 1 aliphatic rings. The third-order valence-electron chi connectivity index (χ3n) is 3.90. The number of likely N-dealkylation sites (tertiary alicyclic amines) is 1. The number of rotatable bonds is 5. The lowest BCUT2D eigenvalue weighted by atomic mass is 10.1. The SMILES string of the molecule is COc1cc(F)cc(CC(C)NC(=O)N2CCC(C(=O)O)C2)c1. The normalized spacial score (nSPS) is 18.6. The Bertz CT molecular complexity index is 593. The van der Waals surface area contributed by atoms with Gasteiger partial charge in [-0.25, -0.2) is 9.18 Å². The summed E-state index contributed by atoms with van der Waals surface area (Å²) in [7, 11) is 1.47. The average Bonchev–Trinajstić information content (AvgIpc) is 2.96. The summed E-state index contributed by atoms with van der Waals surface area (Å²) in [6.45, 7) is 2.48. The molecule has 1 aromatic rings. The van der Waals surface area contributed by atoms with E-state index in [9.17, 15) is 14.0 Å². The second-order valence-electron chi connectivity index (χ2n) is 5.82. The number of benzene rings is 1. The maximum absolute atomic E-state index is 13.5. The van der Waals surface area contributed by atoms with E-state index in [0.29, 0.717) is 25.1 Å². The number of urea groups is 1. The van der Waals surface area contributed by atoms with Crippen molar-refractivity contribution < 1.29 is 23.8 Å². The minimum absolute atomic E-state index is 0.210. The minimum Gasteiger partial charge on any atom is -0.497 e. The summed E-state index contributed by atoms with van der Waals surface area (Å²) in [5.74, 6) is -1.33. The van der Waals surface area contributed by atoms with E-state index in [4.69, 9.17) is 9.84 Å². The number of halogens is 1. The second kappa shape index (κ2) is 7.30. The van der Waals surface area contributed by atoms with Gasteiger partial charge in [-0.2, -0.15) is 0 Å². The van der Waals surface area contributed by atoms with Crippen LogP contribution in [0.5, 0.6) is 5.75 Å². The van der Waals surface area contributed by atoms with Crippen molar-refractivity contribution in [1.29, 1.82) is 0 Å². The number of amides is 2. The Morgan fingerprint density at radius 2 is 2.22 bits per heavy atom. The third kappa shape index (κ3) is 4.58. The Labute approximate surface area is 134 Å². The molecule has 2 rings (SSSR count). The summed E-state index contributed by atoms with van der Waals surface area (Å²) in [6, 6.07) is 3.93. The first-order chi connectivity index (χ1) is 10.9. The molecular weight excluding hydrogens is 303 g/mol. The van der Waals surface area contributed by atoms with Gasteiger partial charge in [-0.3, -0.25) is 4.79 Å². The lowest BCUT2D eigenvalue weighted by Gasteiger charge is -2.21. The molecule has 1 fully saturated rings. The fourth-order valence-corrected chi connectivity index (χ4v) is 2.71. The summed E-state index contributed by atoms with van der Waals surface area (Å²) >= 11 is 0. The van der Waals surface area contributed by atoms with E-state index in [0.717, 1.165) is 5.56 Å². The Kier molecular flexibility index (Phi) is 5.41. The van der Waals surface area contributed by atoms with Crippen molar-refractivity contribution in [3.8, 4) is 5.75 Å². The number of nitrogens with one attached hydrogen (secondary N) is 1. The lowest BCUT2D eigenvalue weighted by molar-refractivity contribution is -0.141. The van der Waals surface area contributed by atoms with Crippen molar-refractivity contribution in [3.63, 3.8) is 0 Å². The number of hydrogen-bond donors (Lipinski definition) is 2. The zero-order valence-electron chi connectivity index (χ0n) is 13.2. The Morgan fingerprint density at radius 1 is 1.48 bits per heavy atom. The van der Waals surface area contributed by atoms with Crippen LogP contribution in [-0.4, -0.2) is 48.2 Å². The van der Waals surface area contributed by atoms with Gasteiger partial charge in [0.1, 0.15) is 11.6 Å². The zero-order valence-corrected chi connectivity index (χ0v) is 13.2. The predicted octanol–water partition coefficient (Wildman–Crippen LogP) is 1.88. The molecule has 2 amide bonds. The van der Waals surface area contributed by atoms with Crippen LogP contribution in [0.1, 0.15) is 18.9 Å². The second-order valence-corrected chi connectivity index (χ2v) is 5.82. The number of carboxylic acids is 1. The molecule has 126 valence electrons. The van der Waals surface area contributed by atoms with Crippen LogP contribution in [0.15, 0.2) is 18.2 Å². The smallest absolute Gasteiger partial charge is 0.317 e. The third-order valence-corrected chi connectivity index (χ3v) is 3.90. The van der Waals surface area contributed by atoms with E-state index < -0.39 is 11.9 Å². The molecule has 2 N–H and O–H groups in total. The zero-order chi connectivity index (χ0) is 17.0. The van der Waals surface area contributed by atoms with E-state index >= 15 is 0 Å². The van der Waals surface area contributed by atoms with Gasteiger partial charge >= 0.3 is 12.0 Å². The molecule has 23 heavy (non-hydrogen) atoms. The molecule has 0 aliphatic carbocycles. The highest BCUT2D eigenvalue weighted by atomic mass is 19.1. The van der Waals surface area contributed by atoms with Gasteiger partial charge in [0, 0.05) is 25.2 Å². The number of nitrogens with zero attached hydrogens (tertiary/aromatic N) is 1. The highest BCUT2D eigenvalue weighted by molar-refractivity contribution is 5.77. The topological polar surface area (TPSA) is 78.9 Å². The molecule has 0 spiro atoms. The Morgan fingerprint density at radius 3 is 2.83 bits per heavy atom. The molecule has 0 saturated carbocycles. The average molecular weight is 324 g/mol. The van der Waals surface area contributed by atoms with Crippen LogP contribution in [0.4, 0.5) is 9.18 Å². The molecule has 6 nitrogen and oxygen atoms in total. The van der Waals surface area contributed by atoms with Crippen LogP contribution in [0.25, 0.3) is 0 Å². The molecule has 1 aliphatic heterocycles. The van der Waals surface area contributed by atoms with Crippen molar-refractivity contribution in [2.75, 3.05) is 20.2 Å². The van der Waals surface area contributed by atoms with Crippen molar-refractivity contribution in [2.24, 2.45) is 5.92 Å². The number of carboxylic acid groups (broad SMARTS) is 1. The van der Waals surface area contributed by atoms with Gasteiger partial charge in [0.15, 0.2) is 0 Å². The fraction of sp³-hybridized carbons (Fsp3) is 0.500. The molecule has 2 atom stereocenters. The highest BCUT2D eigenvalue weighted by Crippen LogP contribution is 2.18. The number of carbonyl (C=O) groups is 2. The number of hydrogen-bond acceptors (Lipinski definition) is 3. The van der Waals surface area contributed by atoms with Gasteiger partial charge in [-0.15, -0.1) is 0 Å². The van der Waals surface area contributed by atoms with Gasteiger partial charge in [0.25, 0.3) is 0 Å². The van der Waals surface area contributed by atoms with E-state index in [2.05, 4.69) is 5.32 Å². The summed E-state index contributed by atoms with van der Waals surface area (Å²) < 4.78 is 18.5. The minimum atomic E-state index is -0.875. The van der Waals surface area contributed by atoms with Crippen molar-refractivity contribution in [1.82, 2.24) is 10.2 Å². The van der Waals surface area contributed by atoms with Gasteiger partial charge in [0.05, 0.1) is 13.0 Å². The first-order valence-corrected chi connectivity index (χ1v) is 7.50. The van der Waals surface area contributed by atoms with Crippen LogP contribution in [0, 0.1) is 11.7 Å². The van der Waals surface area contributed by atoms with Gasteiger partial charge in [-0.05, 0) is 37.5 Å². The number of carbonyl (C=O) groups excluding carboxylic acids is 1. The van der Waals surface area contributed by atoms with Crippen molar-refractivity contribution in [3.05, 3.63) is 29.6 Å². The van der Waals surface area contributed by atoms with Crippen LogP contribution in [0.2, 0.25) is 0 Å². The number of aliphatic carboxylic acids is 1. The molecule has 1 saturated heterocycles. The van der Waals surface area contributed by atoms with Crippen LogP contribution >= 0.6 is 0 Å². The molecule has 0 radical (unpaired) electrons. The van der Waals surface area contributed by atoms with E-state index in [1.807, 2.05) is 6.92 Å². The Balaban J connectivity index is 1.89. The maximum Gasteiger partial charge on any atom is 0.317 e. The molecule has 2 unspecified atom stereocenters. The van der Waals surface area contributed by atoms with E-state index in [1.165, 1.54) is 24.1 Å². The van der Waals surface area contributed by atoms with Crippen LogP contribution < -0.4 is 10.1 Å². The summed E-state index contributed by atoms with van der Waals surface area (Å²) in [5, 5.41) is 11.8. The fourth-order valence-electron chi connectivity index (χ4n) is 2.71. The van der Waals surface area contributed by atoms with E-state index in [1.54, 1.807) is 6.07 Å². The molecule has 7 heteroatoms. The Hall–Kier alpha value is -2.31. The molecule has 0 bridgehead atoms. The highest BCUT2D eigenvalue weighted by Gasteiger charge is 2.31. The first-order valence-electron chi connectivity index (χ1n) is 7.50. The van der Waals surface area contributed by atoms with E-state index in [-0.39, 0.29) is 24.4 Å². The summed E-state index contributed by atoms with van der Waals surface area (Å²) in [5.41, 5.74) is 0.722. The first kappa shape index (κ1) is 17.1. The molecule has 1 heterocycles. The number of methoxy groups -OCH3 is 1. The lowest BCUT2D eigenvalue weighted by Crippen LogP contribution is -2.43. The van der Waals surface area contributed by atoms with Crippen molar-refractivity contribution in [2.45, 2.75) is 25.8 Å². The monoisotopic (exact) mass is 324 g/mol. The quantitative estimate of drug-likeness (QED) is 0.867. The van der Waals surface area contributed by atoms with Crippen LogP contribution in [-0.2, 0) is 11.2 Å². The number of ether oxygens (including phenoxy) is 1. The van der Waals surface area contributed by atoms with Crippen molar-refractivity contribution >= 4 is 12.0 Å². The summed E-state index contributed by atoms with van der Waals surface area (Å²) in [6.07, 6.45) is 0.925. The van der Waals surface area contributed by atoms with Gasteiger partial charge in [0.2, 0.25) is 0 Å². The van der Waals surface area contributed by atoms with Gasteiger partial charge in [-0.1, -0.05) is 0 Å². The molecular formula is C16H21FN2O4. The maximum atomic E-state index is 13.5. The summed E-state index contributed by atoms with van der Waals surface area (Å²) in [4.78, 5) is 24.5. The van der Waals surface area contributed by atoms with Crippen LogP contribution in [0.3, 0.4) is 0 Å². The molecule has 0 aromatic heterocycles. The van der Waals surface area contributed by atoms with Gasteiger partial charge < -0.3 is 20.1 Å². The standard InChI is InChI=1S/C16H21FN2O4/c1-10(5-11-6-13(17)8-14(7-11)23-2)18-16(22)19-4-3-12(9-19)15(20)21/h6-8,10,12H,3-5,9H2,1-2H3,(H,18,22)(H,20,21). The molecule has 1 aromatic carbocycles. The largest absolute Gasteiger partial charge is 0.497 e. The predicted molar refractivity (Wildman–Crippen MR) is 82.0 cm³/mol.